The number of anilines is 1. The largest absolute Gasteiger partial charge is 0.398 e. The van der Waals surface area contributed by atoms with E-state index in [1.54, 1.807) is 19.3 Å². The van der Waals surface area contributed by atoms with Crippen LogP contribution >= 0.6 is 0 Å². The molecule has 0 aliphatic rings. The van der Waals surface area contributed by atoms with Crippen LogP contribution in [-0.2, 0) is 0 Å². The van der Waals surface area contributed by atoms with E-state index in [1.165, 1.54) is 12.1 Å². The molecule has 1 atom stereocenters. The molecule has 1 unspecified atom stereocenters. The number of H-pyrrole nitrogens is 1. The van der Waals surface area contributed by atoms with Gasteiger partial charge in [-0.05, 0) is 25.1 Å². The zero-order chi connectivity index (χ0) is 13.1. The van der Waals surface area contributed by atoms with Crippen LogP contribution in [0.4, 0.5) is 10.1 Å². The highest BCUT2D eigenvalue weighted by Crippen LogP contribution is 2.16. The summed E-state index contributed by atoms with van der Waals surface area (Å²) in [4.78, 5) is 11.9. The van der Waals surface area contributed by atoms with Crippen molar-refractivity contribution >= 4 is 11.6 Å². The van der Waals surface area contributed by atoms with Crippen LogP contribution in [0.3, 0.4) is 0 Å². The molecule has 5 nitrogen and oxygen atoms in total. The van der Waals surface area contributed by atoms with E-state index >= 15 is 0 Å². The van der Waals surface area contributed by atoms with Gasteiger partial charge >= 0.3 is 0 Å². The summed E-state index contributed by atoms with van der Waals surface area (Å²) in [6.07, 6.45) is 3.29. The summed E-state index contributed by atoms with van der Waals surface area (Å²) in [5, 5.41) is 9.17. The second kappa shape index (κ2) is 4.87. The average molecular weight is 248 g/mol. The number of nitrogen functional groups attached to an aromatic ring is 1. The Labute approximate surface area is 103 Å². The quantitative estimate of drug-likeness (QED) is 0.722. The molecule has 0 aliphatic carbocycles. The number of halogens is 1. The molecule has 1 aromatic carbocycles. The molecule has 0 fully saturated rings. The minimum Gasteiger partial charge on any atom is -0.398 e. The number of rotatable bonds is 3. The standard InChI is InChI=1S/C12H13FN4O/c1-7(8-5-15-16-6-8)17-12(18)10-4-9(13)2-3-11(10)14/h2-7H,14H2,1H3,(H,15,16)(H,17,18). The van der Waals surface area contributed by atoms with Gasteiger partial charge in [-0.1, -0.05) is 0 Å². The van der Waals surface area contributed by atoms with E-state index in [9.17, 15) is 9.18 Å². The van der Waals surface area contributed by atoms with Crippen LogP contribution in [0.15, 0.2) is 30.6 Å². The summed E-state index contributed by atoms with van der Waals surface area (Å²) in [6, 6.07) is 3.46. The molecule has 2 rings (SSSR count). The Balaban J connectivity index is 2.15. The Bertz CT molecular complexity index is 553. The number of carbonyl (C=O) groups is 1. The van der Waals surface area contributed by atoms with Crippen LogP contribution in [-0.4, -0.2) is 16.1 Å². The predicted molar refractivity (Wildman–Crippen MR) is 65.3 cm³/mol. The van der Waals surface area contributed by atoms with Gasteiger partial charge in [0.15, 0.2) is 0 Å². The van der Waals surface area contributed by atoms with Crippen molar-refractivity contribution in [3.05, 3.63) is 47.5 Å². The van der Waals surface area contributed by atoms with Gasteiger partial charge < -0.3 is 11.1 Å². The number of nitrogens with two attached hydrogens (primary N) is 1. The highest BCUT2D eigenvalue weighted by Gasteiger charge is 2.15. The Hall–Kier alpha value is -2.37. The van der Waals surface area contributed by atoms with E-state index in [-0.39, 0.29) is 17.3 Å². The normalized spacial score (nSPS) is 12.1. The maximum atomic E-state index is 13.1. The zero-order valence-electron chi connectivity index (χ0n) is 9.77. The molecule has 18 heavy (non-hydrogen) atoms. The first-order valence-corrected chi connectivity index (χ1v) is 5.42. The van der Waals surface area contributed by atoms with Crippen LogP contribution in [0.25, 0.3) is 0 Å². The number of benzene rings is 1. The third kappa shape index (κ3) is 2.48. The molecule has 1 aromatic heterocycles. The Morgan fingerprint density at radius 2 is 2.33 bits per heavy atom. The van der Waals surface area contributed by atoms with Crippen molar-refractivity contribution in [1.82, 2.24) is 15.5 Å². The molecule has 0 bridgehead atoms. The summed E-state index contributed by atoms with van der Waals surface area (Å²) >= 11 is 0. The third-order valence-electron chi connectivity index (χ3n) is 2.63. The van der Waals surface area contributed by atoms with Gasteiger partial charge in [-0.3, -0.25) is 9.89 Å². The van der Waals surface area contributed by atoms with Crippen molar-refractivity contribution in [3.63, 3.8) is 0 Å². The summed E-state index contributed by atoms with van der Waals surface area (Å²) < 4.78 is 13.1. The van der Waals surface area contributed by atoms with Crippen molar-refractivity contribution in [2.45, 2.75) is 13.0 Å². The molecule has 4 N–H and O–H groups in total. The number of hydrogen-bond donors (Lipinski definition) is 3. The van der Waals surface area contributed by atoms with Gasteiger partial charge in [0.1, 0.15) is 5.82 Å². The van der Waals surface area contributed by atoms with E-state index in [0.717, 1.165) is 11.6 Å². The number of aromatic nitrogens is 2. The van der Waals surface area contributed by atoms with E-state index in [1.807, 2.05) is 0 Å². The van der Waals surface area contributed by atoms with Crippen LogP contribution in [0.5, 0.6) is 0 Å². The number of carbonyl (C=O) groups excluding carboxylic acids is 1. The van der Waals surface area contributed by atoms with Crippen molar-refractivity contribution in [1.29, 1.82) is 0 Å². The SMILES string of the molecule is CC(NC(=O)c1cc(F)ccc1N)c1cn[nH]c1. The molecule has 0 spiro atoms. The van der Waals surface area contributed by atoms with E-state index < -0.39 is 11.7 Å². The third-order valence-corrected chi connectivity index (χ3v) is 2.63. The molecule has 0 radical (unpaired) electrons. The van der Waals surface area contributed by atoms with Gasteiger partial charge in [0.05, 0.1) is 17.8 Å². The number of nitrogens with one attached hydrogen (secondary N) is 2. The van der Waals surface area contributed by atoms with Gasteiger partial charge in [-0.15, -0.1) is 0 Å². The van der Waals surface area contributed by atoms with Crippen LogP contribution in [0.2, 0.25) is 0 Å². The molecule has 0 aliphatic heterocycles. The Morgan fingerprint density at radius 3 is 3.00 bits per heavy atom. The van der Waals surface area contributed by atoms with Crippen LogP contribution in [0, 0.1) is 5.82 Å². The second-order valence-electron chi connectivity index (χ2n) is 3.96. The molecule has 6 heteroatoms. The summed E-state index contributed by atoms with van der Waals surface area (Å²) in [7, 11) is 0. The topological polar surface area (TPSA) is 83.8 Å². The van der Waals surface area contributed by atoms with Gasteiger partial charge in [0, 0.05) is 17.4 Å². The van der Waals surface area contributed by atoms with Crippen LogP contribution in [0.1, 0.15) is 28.9 Å². The molecule has 1 amide bonds. The van der Waals surface area contributed by atoms with E-state index in [0.29, 0.717) is 0 Å². The molecule has 1 heterocycles. The lowest BCUT2D eigenvalue weighted by atomic mass is 10.1. The number of hydrogen-bond acceptors (Lipinski definition) is 3. The predicted octanol–water partition coefficient (Wildman–Crippen LogP) is 1.62. The smallest absolute Gasteiger partial charge is 0.253 e. The van der Waals surface area contributed by atoms with Crippen molar-refractivity contribution in [2.75, 3.05) is 5.73 Å². The van der Waals surface area contributed by atoms with E-state index in [4.69, 9.17) is 5.73 Å². The first-order chi connectivity index (χ1) is 8.58. The fourth-order valence-corrected chi connectivity index (χ4v) is 1.58. The lowest BCUT2D eigenvalue weighted by molar-refractivity contribution is 0.0940. The number of amides is 1. The number of aromatic amines is 1. The second-order valence-corrected chi connectivity index (χ2v) is 3.96. The van der Waals surface area contributed by atoms with E-state index in [2.05, 4.69) is 15.5 Å². The lowest BCUT2D eigenvalue weighted by Crippen LogP contribution is -2.27. The summed E-state index contributed by atoms with van der Waals surface area (Å²) in [5.41, 5.74) is 6.84. The molecule has 94 valence electrons. The first-order valence-electron chi connectivity index (χ1n) is 5.42. The Morgan fingerprint density at radius 1 is 1.56 bits per heavy atom. The Kier molecular flexibility index (Phi) is 3.27. The molecule has 2 aromatic rings. The lowest BCUT2D eigenvalue weighted by Gasteiger charge is -2.13. The highest BCUT2D eigenvalue weighted by atomic mass is 19.1. The van der Waals surface area contributed by atoms with Crippen molar-refractivity contribution < 1.29 is 9.18 Å². The van der Waals surface area contributed by atoms with Gasteiger partial charge in [0.25, 0.3) is 5.91 Å². The minimum absolute atomic E-state index is 0.130. The maximum absolute atomic E-state index is 13.1. The highest BCUT2D eigenvalue weighted by molar-refractivity contribution is 5.99. The average Bonchev–Trinajstić information content (AvgIpc) is 2.85. The summed E-state index contributed by atoms with van der Waals surface area (Å²) in [6.45, 7) is 1.80. The maximum Gasteiger partial charge on any atom is 0.253 e. The minimum atomic E-state index is -0.495. The fraction of sp³-hybridized carbons (Fsp3) is 0.167. The first kappa shape index (κ1) is 12.1. The molecular formula is C12H13FN4O. The molecular weight excluding hydrogens is 235 g/mol. The molecule has 0 saturated carbocycles. The number of nitrogens with zero attached hydrogens (tertiary/aromatic N) is 1. The van der Waals surface area contributed by atoms with Gasteiger partial charge in [-0.2, -0.15) is 5.10 Å². The van der Waals surface area contributed by atoms with Crippen molar-refractivity contribution in [2.24, 2.45) is 0 Å². The molecule has 0 saturated heterocycles. The zero-order valence-corrected chi connectivity index (χ0v) is 9.77. The summed E-state index contributed by atoms with van der Waals surface area (Å²) in [5.74, 6) is -0.911. The van der Waals surface area contributed by atoms with Crippen molar-refractivity contribution in [3.8, 4) is 0 Å². The monoisotopic (exact) mass is 248 g/mol. The van der Waals surface area contributed by atoms with Crippen LogP contribution < -0.4 is 11.1 Å². The van der Waals surface area contributed by atoms with Gasteiger partial charge in [0.2, 0.25) is 0 Å². The fourth-order valence-electron chi connectivity index (χ4n) is 1.58. The van der Waals surface area contributed by atoms with Gasteiger partial charge in [-0.25, -0.2) is 4.39 Å².